The molecule has 2 aliphatic rings. The highest BCUT2D eigenvalue weighted by atomic mass is 16.2. The second kappa shape index (κ2) is 8.61. The van der Waals surface area contributed by atoms with Gasteiger partial charge in [0.05, 0.1) is 5.52 Å². The number of H-pyrrole nitrogens is 1. The Hall–Kier alpha value is -3.42. The van der Waals surface area contributed by atoms with Crippen molar-refractivity contribution in [3.63, 3.8) is 0 Å². The van der Waals surface area contributed by atoms with Crippen LogP contribution in [-0.4, -0.2) is 51.9 Å². The smallest absolute Gasteiger partial charge is 0.253 e. The van der Waals surface area contributed by atoms with Crippen LogP contribution in [-0.2, 0) is 4.79 Å². The van der Waals surface area contributed by atoms with E-state index in [-0.39, 0.29) is 17.4 Å². The van der Waals surface area contributed by atoms with E-state index >= 15 is 0 Å². The third-order valence-corrected chi connectivity index (χ3v) is 6.65. The van der Waals surface area contributed by atoms with Crippen LogP contribution in [0.5, 0.6) is 0 Å². The molecule has 2 N–H and O–H groups in total. The maximum absolute atomic E-state index is 12.6. The summed E-state index contributed by atoms with van der Waals surface area (Å²) < 4.78 is 0. The summed E-state index contributed by atoms with van der Waals surface area (Å²) in [5.74, 6) is 0.899. The molecule has 1 amide bonds. The lowest BCUT2D eigenvalue weighted by atomic mass is 9.97. The van der Waals surface area contributed by atoms with Crippen LogP contribution in [0.2, 0.25) is 0 Å². The molecule has 0 atom stereocenters. The summed E-state index contributed by atoms with van der Waals surface area (Å²) in [7, 11) is 0. The Morgan fingerprint density at radius 3 is 2.50 bits per heavy atom. The number of aromatic amines is 1. The van der Waals surface area contributed by atoms with E-state index < -0.39 is 0 Å². The summed E-state index contributed by atoms with van der Waals surface area (Å²) in [5, 5.41) is 4.14. The monoisotopic (exact) mass is 432 g/mol. The maximum atomic E-state index is 12.6. The lowest BCUT2D eigenvalue weighted by Gasteiger charge is -2.35. The number of carbonyl (C=O) groups is 1. The molecule has 2 aromatic heterocycles. The minimum Gasteiger partial charge on any atom is -0.368 e. The maximum Gasteiger partial charge on any atom is 0.253 e. The Labute approximate surface area is 186 Å². The van der Waals surface area contributed by atoms with Gasteiger partial charge in [0.25, 0.3) is 5.56 Å². The Morgan fingerprint density at radius 1 is 1.09 bits per heavy atom. The minimum absolute atomic E-state index is 0.0386. The van der Waals surface area contributed by atoms with Gasteiger partial charge in [-0.25, -0.2) is 9.97 Å². The number of carbonyl (C=O) groups excluding carboxylic acids is 1. The molecule has 8 nitrogen and oxygen atoms in total. The normalized spacial score (nSPS) is 17.2. The molecule has 1 saturated carbocycles. The molecule has 32 heavy (non-hydrogen) atoms. The van der Waals surface area contributed by atoms with Crippen molar-refractivity contribution in [1.29, 1.82) is 0 Å². The van der Waals surface area contributed by atoms with Gasteiger partial charge in [-0.1, -0.05) is 12.8 Å². The van der Waals surface area contributed by atoms with E-state index in [1.165, 1.54) is 0 Å². The van der Waals surface area contributed by atoms with Crippen LogP contribution in [0.4, 0.5) is 17.3 Å². The van der Waals surface area contributed by atoms with E-state index in [1.54, 1.807) is 19.3 Å². The van der Waals surface area contributed by atoms with Crippen LogP contribution >= 0.6 is 0 Å². The quantitative estimate of drug-likeness (QED) is 0.656. The molecule has 5 rings (SSSR count). The zero-order chi connectivity index (χ0) is 22.1. The number of amides is 1. The standard InChI is InChI=1S/C24H28N6O2/c1-16(31)29-10-12-30(13-11-29)20-8-6-19(7-9-20)27-24-26-15-18-14-25-23(32)21(22(18)28-24)17-4-2-3-5-17/h6-9,14-15,17H,2-5,10-13H2,1H3,(H,25,32)(H,26,27,28). The molecule has 0 unspecified atom stereocenters. The van der Waals surface area contributed by atoms with Crippen molar-refractivity contribution in [3.05, 3.63) is 52.6 Å². The Bertz CT molecular complexity index is 1180. The van der Waals surface area contributed by atoms with Crippen molar-refractivity contribution < 1.29 is 4.79 Å². The fourth-order valence-corrected chi connectivity index (χ4v) is 4.86. The van der Waals surface area contributed by atoms with Gasteiger partial charge in [0.2, 0.25) is 11.9 Å². The number of nitrogens with zero attached hydrogens (tertiary/aromatic N) is 4. The largest absolute Gasteiger partial charge is 0.368 e. The Kier molecular flexibility index (Phi) is 5.51. The van der Waals surface area contributed by atoms with Crippen molar-refractivity contribution >= 4 is 34.1 Å². The Morgan fingerprint density at radius 2 is 1.81 bits per heavy atom. The molecule has 3 heterocycles. The third-order valence-electron chi connectivity index (χ3n) is 6.65. The predicted octanol–water partition coefficient (Wildman–Crippen LogP) is 3.39. The van der Waals surface area contributed by atoms with Crippen molar-refractivity contribution in [2.45, 2.75) is 38.5 Å². The van der Waals surface area contributed by atoms with Gasteiger partial charge in [-0.05, 0) is 43.0 Å². The SMILES string of the molecule is CC(=O)N1CCN(c2ccc(Nc3ncc4c[nH]c(=O)c(C5CCCC5)c4n3)cc2)CC1. The molecule has 1 saturated heterocycles. The average Bonchev–Trinajstić information content (AvgIpc) is 3.34. The molecule has 0 bridgehead atoms. The van der Waals surface area contributed by atoms with Crippen LogP contribution in [0, 0.1) is 0 Å². The first-order chi connectivity index (χ1) is 15.6. The lowest BCUT2D eigenvalue weighted by Crippen LogP contribution is -2.48. The van der Waals surface area contributed by atoms with Crippen molar-refractivity contribution in [1.82, 2.24) is 19.9 Å². The molecular weight excluding hydrogens is 404 g/mol. The molecule has 1 aliphatic heterocycles. The number of benzene rings is 1. The number of piperazine rings is 1. The predicted molar refractivity (Wildman–Crippen MR) is 126 cm³/mol. The van der Waals surface area contributed by atoms with Crippen molar-refractivity contribution in [2.24, 2.45) is 0 Å². The minimum atomic E-state index is -0.0386. The van der Waals surface area contributed by atoms with Crippen molar-refractivity contribution in [2.75, 3.05) is 36.4 Å². The number of hydrogen-bond acceptors (Lipinski definition) is 6. The highest BCUT2D eigenvalue weighted by molar-refractivity contribution is 5.82. The molecule has 166 valence electrons. The average molecular weight is 433 g/mol. The first kappa shape index (κ1) is 20.5. The molecule has 1 aromatic carbocycles. The zero-order valence-corrected chi connectivity index (χ0v) is 18.3. The van der Waals surface area contributed by atoms with Crippen LogP contribution in [0.25, 0.3) is 10.9 Å². The van der Waals surface area contributed by atoms with Gasteiger partial charge < -0.3 is 20.1 Å². The molecule has 0 radical (unpaired) electrons. The van der Waals surface area contributed by atoms with E-state index in [0.29, 0.717) is 5.95 Å². The number of hydrogen-bond donors (Lipinski definition) is 2. The van der Waals surface area contributed by atoms with Crippen LogP contribution in [0.15, 0.2) is 41.5 Å². The van der Waals surface area contributed by atoms with E-state index in [0.717, 1.165) is 79.7 Å². The van der Waals surface area contributed by atoms with Gasteiger partial charge >= 0.3 is 0 Å². The van der Waals surface area contributed by atoms with E-state index in [2.05, 4.69) is 32.3 Å². The number of rotatable bonds is 4. The van der Waals surface area contributed by atoms with Gasteiger partial charge in [0.1, 0.15) is 0 Å². The van der Waals surface area contributed by atoms with Gasteiger partial charge in [0, 0.05) is 67.8 Å². The van der Waals surface area contributed by atoms with Gasteiger partial charge in [0.15, 0.2) is 0 Å². The topological polar surface area (TPSA) is 94.2 Å². The van der Waals surface area contributed by atoms with Crippen LogP contribution in [0.1, 0.15) is 44.1 Å². The highest BCUT2D eigenvalue weighted by Crippen LogP contribution is 2.35. The Balaban J connectivity index is 1.34. The van der Waals surface area contributed by atoms with Gasteiger partial charge in [-0.15, -0.1) is 0 Å². The van der Waals surface area contributed by atoms with Gasteiger partial charge in [-0.3, -0.25) is 9.59 Å². The summed E-state index contributed by atoms with van der Waals surface area (Å²) in [6, 6.07) is 8.16. The van der Waals surface area contributed by atoms with Crippen LogP contribution < -0.4 is 15.8 Å². The summed E-state index contributed by atoms with van der Waals surface area (Å²) in [5.41, 5.74) is 3.53. The fraction of sp³-hybridized carbons (Fsp3) is 0.417. The second-order valence-electron chi connectivity index (χ2n) is 8.68. The first-order valence-corrected chi connectivity index (χ1v) is 11.3. The number of fused-ring (bicyclic) bond motifs is 1. The van der Waals surface area contributed by atoms with E-state index in [4.69, 9.17) is 4.98 Å². The van der Waals surface area contributed by atoms with E-state index in [9.17, 15) is 9.59 Å². The highest BCUT2D eigenvalue weighted by Gasteiger charge is 2.23. The second-order valence-corrected chi connectivity index (χ2v) is 8.68. The molecule has 0 spiro atoms. The summed E-state index contributed by atoms with van der Waals surface area (Å²) >= 11 is 0. The fourth-order valence-electron chi connectivity index (χ4n) is 4.86. The number of nitrogens with one attached hydrogen (secondary N) is 2. The van der Waals surface area contributed by atoms with E-state index in [1.807, 2.05) is 17.0 Å². The zero-order valence-electron chi connectivity index (χ0n) is 18.3. The number of anilines is 3. The molecular formula is C24H28N6O2. The summed E-state index contributed by atoms with van der Waals surface area (Å²) in [4.78, 5) is 40.3. The number of pyridine rings is 1. The number of aromatic nitrogens is 3. The molecule has 1 aliphatic carbocycles. The summed E-state index contributed by atoms with van der Waals surface area (Å²) in [6.45, 7) is 4.79. The van der Waals surface area contributed by atoms with Crippen molar-refractivity contribution in [3.8, 4) is 0 Å². The first-order valence-electron chi connectivity index (χ1n) is 11.3. The van der Waals surface area contributed by atoms with Gasteiger partial charge in [-0.2, -0.15) is 0 Å². The summed E-state index contributed by atoms with van der Waals surface area (Å²) in [6.07, 6.45) is 7.86. The molecule has 2 fully saturated rings. The third kappa shape index (κ3) is 4.04. The molecule has 8 heteroatoms. The van der Waals surface area contributed by atoms with Crippen LogP contribution in [0.3, 0.4) is 0 Å². The molecule has 3 aromatic rings. The lowest BCUT2D eigenvalue weighted by molar-refractivity contribution is -0.129.